The van der Waals surface area contributed by atoms with Crippen molar-refractivity contribution in [2.24, 2.45) is 0 Å². The molecule has 12 heteroatoms. The van der Waals surface area contributed by atoms with E-state index in [9.17, 15) is 17.6 Å². The number of aryl methyl sites for hydroxylation is 1. The summed E-state index contributed by atoms with van der Waals surface area (Å²) in [7, 11) is -3.93. The summed E-state index contributed by atoms with van der Waals surface area (Å²) in [5.41, 5.74) is 1.71. The first-order valence-corrected chi connectivity index (χ1v) is 10.4. The second kappa shape index (κ2) is 9.20. The Morgan fingerprint density at radius 2 is 1.87 bits per heavy atom. The van der Waals surface area contributed by atoms with Crippen LogP contribution in [0.15, 0.2) is 47.6 Å². The molecule has 0 bridgehead atoms. The maximum absolute atomic E-state index is 13.2. The third-order valence-corrected chi connectivity index (χ3v) is 5.55. The lowest BCUT2D eigenvalue weighted by Gasteiger charge is -2.07. The molecule has 30 heavy (non-hydrogen) atoms. The van der Waals surface area contributed by atoms with Crippen molar-refractivity contribution in [3.8, 4) is 0 Å². The van der Waals surface area contributed by atoms with Gasteiger partial charge in [-0.05, 0) is 37.3 Å². The summed E-state index contributed by atoms with van der Waals surface area (Å²) >= 11 is 5.62. The molecule has 0 unspecified atom stereocenters. The number of nitrogens with one attached hydrogen (secondary N) is 2. The highest BCUT2D eigenvalue weighted by Crippen LogP contribution is 2.19. The van der Waals surface area contributed by atoms with Gasteiger partial charge in [0, 0.05) is 6.20 Å². The van der Waals surface area contributed by atoms with Crippen LogP contribution >= 0.6 is 11.6 Å². The van der Waals surface area contributed by atoms with Gasteiger partial charge < -0.3 is 5.32 Å². The Labute approximate surface area is 176 Å². The summed E-state index contributed by atoms with van der Waals surface area (Å²) in [6.07, 6.45) is 3.15. The fraction of sp³-hybridized carbons (Fsp3) is 0.167. The Hall–Kier alpha value is -3.02. The second-order valence-electron chi connectivity index (χ2n) is 6.14. The molecule has 0 fully saturated rings. The standard InChI is InChI=1S/C18H16ClFN6O3S/c1-11-7-22-13(8-21-11)9-23-18(27)17-5-2-12(25-26-17)10-24-30(28,29)14-3-4-16(20)15(19)6-14/h2-8,24H,9-10H2,1H3,(H,23,27). The average Bonchev–Trinajstić information content (AvgIpc) is 2.74. The molecular weight excluding hydrogens is 435 g/mol. The average molecular weight is 451 g/mol. The molecule has 0 radical (unpaired) electrons. The lowest BCUT2D eigenvalue weighted by molar-refractivity contribution is 0.0944. The Bertz CT molecular complexity index is 1160. The number of amides is 1. The van der Waals surface area contributed by atoms with Gasteiger partial charge in [0.15, 0.2) is 5.69 Å². The summed E-state index contributed by atoms with van der Waals surface area (Å²) < 4.78 is 40.1. The predicted molar refractivity (Wildman–Crippen MR) is 105 cm³/mol. The first-order valence-electron chi connectivity index (χ1n) is 8.57. The molecule has 1 amide bonds. The highest BCUT2D eigenvalue weighted by molar-refractivity contribution is 7.89. The molecule has 0 spiro atoms. The van der Waals surface area contributed by atoms with Crippen molar-refractivity contribution in [2.75, 3.05) is 0 Å². The van der Waals surface area contributed by atoms with Gasteiger partial charge in [-0.15, -0.1) is 5.10 Å². The summed E-state index contributed by atoms with van der Waals surface area (Å²) in [5, 5.41) is 9.99. The minimum atomic E-state index is -3.93. The van der Waals surface area contributed by atoms with E-state index in [0.717, 1.165) is 23.9 Å². The van der Waals surface area contributed by atoms with E-state index in [1.165, 1.54) is 12.1 Å². The number of aromatic nitrogens is 4. The summed E-state index contributed by atoms with van der Waals surface area (Å²) in [5.74, 6) is -1.18. The van der Waals surface area contributed by atoms with Gasteiger partial charge in [0.2, 0.25) is 10.0 Å². The number of halogens is 2. The van der Waals surface area contributed by atoms with Gasteiger partial charge in [0.25, 0.3) is 5.91 Å². The van der Waals surface area contributed by atoms with Gasteiger partial charge in [-0.2, -0.15) is 5.10 Å². The van der Waals surface area contributed by atoms with Crippen LogP contribution < -0.4 is 10.0 Å². The van der Waals surface area contributed by atoms with Gasteiger partial charge in [0.1, 0.15) is 5.82 Å². The number of rotatable bonds is 7. The third-order valence-electron chi connectivity index (χ3n) is 3.86. The monoisotopic (exact) mass is 450 g/mol. The highest BCUT2D eigenvalue weighted by atomic mass is 35.5. The Balaban J connectivity index is 1.57. The number of hydrogen-bond donors (Lipinski definition) is 2. The first-order chi connectivity index (χ1) is 14.2. The van der Waals surface area contributed by atoms with Crippen molar-refractivity contribution in [3.63, 3.8) is 0 Å². The minimum Gasteiger partial charge on any atom is -0.345 e. The molecule has 3 rings (SSSR count). The molecule has 3 aromatic rings. The zero-order valence-electron chi connectivity index (χ0n) is 15.6. The Morgan fingerprint density at radius 1 is 1.07 bits per heavy atom. The van der Waals surface area contributed by atoms with E-state index >= 15 is 0 Å². The SMILES string of the molecule is Cc1cnc(CNC(=O)c2ccc(CNS(=O)(=O)c3ccc(F)c(Cl)c3)nn2)cn1. The number of carbonyl (C=O) groups is 1. The summed E-state index contributed by atoms with van der Waals surface area (Å²) in [6.45, 7) is 1.81. The number of benzene rings is 1. The van der Waals surface area contributed by atoms with E-state index < -0.39 is 21.7 Å². The van der Waals surface area contributed by atoms with Crippen LogP contribution in [0.5, 0.6) is 0 Å². The van der Waals surface area contributed by atoms with Gasteiger partial charge in [-0.25, -0.2) is 17.5 Å². The molecule has 2 aromatic heterocycles. The molecule has 2 heterocycles. The lowest BCUT2D eigenvalue weighted by atomic mass is 10.3. The maximum atomic E-state index is 13.2. The van der Waals surface area contributed by atoms with Crippen molar-refractivity contribution in [2.45, 2.75) is 24.9 Å². The second-order valence-corrected chi connectivity index (χ2v) is 8.32. The van der Waals surface area contributed by atoms with Crippen LogP contribution in [0.25, 0.3) is 0 Å². The lowest BCUT2D eigenvalue weighted by Crippen LogP contribution is -2.26. The van der Waals surface area contributed by atoms with Gasteiger partial charge in [0.05, 0.1) is 46.3 Å². The quantitative estimate of drug-likeness (QED) is 0.561. The predicted octanol–water partition coefficient (Wildman–Crippen LogP) is 1.78. The first kappa shape index (κ1) is 21.7. The van der Waals surface area contributed by atoms with E-state index in [2.05, 4.69) is 30.2 Å². The van der Waals surface area contributed by atoms with Gasteiger partial charge in [-0.3, -0.25) is 14.8 Å². The normalized spacial score (nSPS) is 11.3. The molecule has 0 aliphatic carbocycles. The number of nitrogens with zero attached hydrogens (tertiary/aromatic N) is 4. The van der Waals surface area contributed by atoms with E-state index in [-0.39, 0.29) is 34.4 Å². The van der Waals surface area contributed by atoms with Crippen LogP contribution in [0.2, 0.25) is 5.02 Å². The molecular formula is C18H16ClFN6O3S. The zero-order chi connectivity index (χ0) is 21.7. The fourth-order valence-corrected chi connectivity index (χ4v) is 3.51. The largest absolute Gasteiger partial charge is 0.345 e. The molecule has 0 atom stereocenters. The number of hydrogen-bond acceptors (Lipinski definition) is 7. The minimum absolute atomic E-state index is 0.0620. The van der Waals surface area contributed by atoms with Gasteiger partial charge >= 0.3 is 0 Å². The molecule has 0 saturated heterocycles. The van der Waals surface area contributed by atoms with Crippen LogP contribution in [0.1, 0.15) is 27.6 Å². The highest BCUT2D eigenvalue weighted by Gasteiger charge is 2.16. The van der Waals surface area contributed by atoms with E-state index in [0.29, 0.717) is 5.69 Å². The third kappa shape index (κ3) is 5.53. The van der Waals surface area contributed by atoms with Crippen molar-refractivity contribution in [1.82, 2.24) is 30.2 Å². The molecule has 156 valence electrons. The zero-order valence-corrected chi connectivity index (χ0v) is 17.2. The molecule has 0 aliphatic rings. The molecule has 0 aliphatic heterocycles. The summed E-state index contributed by atoms with van der Waals surface area (Å²) in [6, 6.07) is 5.96. The number of carbonyl (C=O) groups excluding carboxylic acids is 1. The molecule has 0 saturated carbocycles. The van der Waals surface area contributed by atoms with E-state index in [1.54, 1.807) is 19.3 Å². The summed E-state index contributed by atoms with van der Waals surface area (Å²) in [4.78, 5) is 20.2. The van der Waals surface area contributed by atoms with E-state index in [1.807, 2.05) is 0 Å². The fourth-order valence-electron chi connectivity index (χ4n) is 2.24. The van der Waals surface area contributed by atoms with Crippen molar-refractivity contribution in [3.05, 3.63) is 76.3 Å². The van der Waals surface area contributed by atoms with Crippen LogP contribution in [0.3, 0.4) is 0 Å². The van der Waals surface area contributed by atoms with Crippen LogP contribution in [-0.2, 0) is 23.1 Å². The van der Waals surface area contributed by atoms with Crippen molar-refractivity contribution in [1.29, 1.82) is 0 Å². The van der Waals surface area contributed by atoms with Crippen LogP contribution in [-0.4, -0.2) is 34.5 Å². The van der Waals surface area contributed by atoms with Crippen LogP contribution in [0.4, 0.5) is 4.39 Å². The molecule has 1 aromatic carbocycles. The van der Waals surface area contributed by atoms with Crippen LogP contribution in [0, 0.1) is 12.7 Å². The van der Waals surface area contributed by atoms with Gasteiger partial charge in [-0.1, -0.05) is 11.6 Å². The molecule has 9 nitrogen and oxygen atoms in total. The smallest absolute Gasteiger partial charge is 0.272 e. The van der Waals surface area contributed by atoms with E-state index in [4.69, 9.17) is 11.6 Å². The molecule has 2 N–H and O–H groups in total. The number of sulfonamides is 1. The maximum Gasteiger partial charge on any atom is 0.272 e. The van der Waals surface area contributed by atoms with Crippen molar-refractivity contribution >= 4 is 27.5 Å². The Morgan fingerprint density at radius 3 is 2.50 bits per heavy atom. The Kier molecular flexibility index (Phi) is 6.65. The topological polar surface area (TPSA) is 127 Å². The van der Waals surface area contributed by atoms with Crippen molar-refractivity contribution < 1.29 is 17.6 Å².